The zero-order valence-electron chi connectivity index (χ0n) is 6.77. The summed E-state index contributed by atoms with van der Waals surface area (Å²) >= 11 is 0. The van der Waals surface area contributed by atoms with Crippen molar-refractivity contribution in [3.8, 4) is 0 Å². The van der Waals surface area contributed by atoms with Crippen LogP contribution in [0.4, 0.5) is 0 Å². The Morgan fingerprint density at radius 3 is 2.83 bits per heavy atom. The number of hydrogen-bond donors (Lipinski definition) is 2. The molecule has 66 valence electrons. The molecule has 0 spiro atoms. The molecule has 0 aliphatic carbocycles. The van der Waals surface area contributed by atoms with E-state index in [-0.39, 0.29) is 6.54 Å². The summed E-state index contributed by atoms with van der Waals surface area (Å²) in [6.07, 6.45) is 2.85. The van der Waals surface area contributed by atoms with Crippen molar-refractivity contribution < 1.29 is 4.79 Å². The number of aromatic nitrogens is 3. The summed E-state index contributed by atoms with van der Waals surface area (Å²) in [4.78, 5) is 14.5. The Kier molecular flexibility index (Phi) is 2.09. The number of nitrogens with two attached hydrogens (primary N) is 2. The summed E-state index contributed by atoms with van der Waals surface area (Å²) in [5.74, 6) is -0.557. The molecule has 6 heteroatoms. The van der Waals surface area contributed by atoms with Crippen molar-refractivity contribution in [1.29, 1.82) is 0 Å². The van der Waals surface area contributed by atoms with E-state index in [0.29, 0.717) is 0 Å². The molecule has 0 aliphatic rings. The average molecular weight is 169 g/mol. The highest BCUT2D eigenvalue weighted by molar-refractivity contribution is 5.83. The molecule has 0 aliphatic heterocycles. The zero-order chi connectivity index (χ0) is 9.19. The molecule has 0 aromatic carbocycles. The third-order valence-corrected chi connectivity index (χ3v) is 1.52. The summed E-state index contributed by atoms with van der Waals surface area (Å²) in [7, 11) is 0. The highest BCUT2D eigenvalue weighted by Gasteiger charge is 2.26. The van der Waals surface area contributed by atoms with Crippen LogP contribution in [0.3, 0.4) is 0 Å². The van der Waals surface area contributed by atoms with Gasteiger partial charge in [0.05, 0.1) is 6.54 Å². The summed E-state index contributed by atoms with van der Waals surface area (Å²) in [5, 5.41) is 3.80. The number of nitrogens with zero attached hydrogens (tertiary/aromatic N) is 3. The minimum atomic E-state index is -1.08. The minimum Gasteiger partial charge on any atom is -0.368 e. The topological polar surface area (TPSA) is 99.8 Å². The summed E-state index contributed by atoms with van der Waals surface area (Å²) in [5.41, 5.74) is 9.57. The summed E-state index contributed by atoms with van der Waals surface area (Å²) in [6.45, 7) is 1.79. The van der Waals surface area contributed by atoms with E-state index in [0.717, 1.165) is 0 Å². The molecule has 1 aromatic heterocycles. The second kappa shape index (κ2) is 2.90. The maximum Gasteiger partial charge on any atom is 0.239 e. The smallest absolute Gasteiger partial charge is 0.239 e. The van der Waals surface area contributed by atoms with Crippen LogP contribution in [-0.4, -0.2) is 26.2 Å². The van der Waals surface area contributed by atoms with Gasteiger partial charge in [0, 0.05) is 0 Å². The van der Waals surface area contributed by atoms with Crippen LogP contribution in [0, 0.1) is 0 Å². The number of carbonyl (C=O) groups is 1. The molecule has 0 bridgehead atoms. The monoisotopic (exact) mass is 169 g/mol. The van der Waals surface area contributed by atoms with Gasteiger partial charge < -0.3 is 11.5 Å². The third-order valence-electron chi connectivity index (χ3n) is 1.52. The lowest BCUT2D eigenvalue weighted by molar-refractivity contribution is -0.123. The number of rotatable bonds is 3. The van der Waals surface area contributed by atoms with Crippen LogP contribution >= 0.6 is 0 Å². The van der Waals surface area contributed by atoms with Crippen LogP contribution < -0.4 is 11.5 Å². The van der Waals surface area contributed by atoms with E-state index in [9.17, 15) is 4.79 Å². The van der Waals surface area contributed by atoms with Gasteiger partial charge in [0.15, 0.2) is 0 Å². The SMILES string of the molecule is CC(N)(Cn1cncn1)C(N)=O. The fourth-order valence-corrected chi connectivity index (χ4v) is 0.729. The van der Waals surface area contributed by atoms with Gasteiger partial charge in [0.2, 0.25) is 5.91 Å². The largest absolute Gasteiger partial charge is 0.368 e. The third kappa shape index (κ3) is 1.79. The Balaban J connectivity index is 2.69. The molecule has 4 N–H and O–H groups in total. The molecule has 0 saturated heterocycles. The molecule has 12 heavy (non-hydrogen) atoms. The Hall–Kier alpha value is -1.43. The first-order valence-electron chi connectivity index (χ1n) is 3.43. The van der Waals surface area contributed by atoms with Gasteiger partial charge in [0.25, 0.3) is 0 Å². The van der Waals surface area contributed by atoms with Gasteiger partial charge in [-0.25, -0.2) is 4.98 Å². The molecule has 0 fully saturated rings. The summed E-state index contributed by atoms with van der Waals surface area (Å²) in [6, 6.07) is 0. The normalized spacial score (nSPS) is 15.5. The van der Waals surface area contributed by atoms with Crippen molar-refractivity contribution in [1.82, 2.24) is 14.8 Å². The van der Waals surface area contributed by atoms with Crippen LogP contribution in [0.15, 0.2) is 12.7 Å². The van der Waals surface area contributed by atoms with Crippen molar-refractivity contribution in [2.24, 2.45) is 11.5 Å². The molecular weight excluding hydrogens is 158 g/mol. The van der Waals surface area contributed by atoms with Crippen LogP contribution in [-0.2, 0) is 11.3 Å². The quantitative estimate of drug-likeness (QED) is 0.574. The van der Waals surface area contributed by atoms with E-state index in [1.54, 1.807) is 6.92 Å². The average Bonchev–Trinajstić information content (AvgIpc) is 2.38. The van der Waals surface area contributed by atoms with Gasteiger partial charge in [0.1, 0.15) is 18.2 Å². The van der Waals surface area contributed by atoms with Crippen LogP contribution in [0.1, 0.15) is 6.92 Å². The van der Waals surface area contributed by atoms with Gasteiger partial charge in [-0.3, -0.25) is 9.48 Å². The number of carbonyl (C=O) groups excluding carboxylic acids is 1. The van der Waals surface area contributed by atoms with E-state index in [4.69, 9.17) is 11.5 Å². The van der Waals surface area contributed by atoms with Crippen LogP contribution in [0.2, 0.25) is 0 Å². The Morgan fingerprint density at radius 2 is 2.42 bits per heavy atom. The Bertz CT molecular complexity index is 265. The first kappa shape index (κ1) is 8.66. The number of amides is 1. The lowest BCUT2D eigenvalue weighted by Gasteiger charge is -2.19. The van der Waals surface area contributed by atoms with E-state index in [1.807, 2.05) is 0 Å². The van der Waals surface area contributed by atoms with Gasteiger partial charge in [-0.1, -0.05) is 0 Å². The van der Waals surface area contributed by atoms with Crippen LogP contribution in [0.25, 0.3) is 0 Å². The van der Waals surface area contributed by atoms with Gasteiger partial charge in [-0.15, -0.1) is 0 Å². The zero-order valence-corrected chi connectivity index (χ0v) is 6.77. The molecule has 1 rings (SSSR count). The summed E-state index contributed by atoms with van der Waals surface area (Å²) < 4.78 is 1.46. The van der Waals surface area contributed by atoms with Gasteiger partial charge in [-0.05, 0) is 6.92 Å². The predicted octanol–water partition coefficient (Wildman–Crippen LogP) is -1.52. The Morgan fingerprint density at radius 1 is 1.75 bits per heavy atom. The minimum absolute atomic E-state index is 0.238. The van der Waals surface area contributed by atoms with Gasteiger partial charge >= 0.3 is 0 Å². The molecular formula is C6H11N5O. The highest BCUT2D eigenvalue weighted by Crippen LogP contribution is 2.00. The standard InChI is InChI=1S/C6H11N5O/c1-6(8,5(7)12)2-11-4-9-3-10-11/h3-4H,2,8H2,1H3,(H2,7,12). The molecule has 1 unspecified atom stereocenters. The molecule has 6 nitrogen and oxygen atoms in total. The molecule has 0 saturated carbocycles. The van der Waals surface area contributed by atoms with Crippen molar-refractivity contribution in [2.75, 3.05) is 0 Å². The van der Waals surface area contributed by atoms with E-state index >= 15 is 0 Å². The predicted molar refractivity (Wildman–Crippen MR) is 41.8 cm³/mol. The number of hydrogen-bond acceptors (Lipinski definition) is 4. The Labute approximate surface area is 69.6 Å². The maximum absolute atomic E-state index is 10.8. The fraction of sp³-hybridized carbons (Fsp3) is 0.500. The van der Waals surface area contributed by atoms with E-state index in [2.05, 4.69) is 10.1 Å². The van der Waals surface area contributed by atoms with Crippen molar-refractivity contribution in [3.63, 3.8) is 0 Å². The van der Waals surface area contributed by atoms with Crippen molar-refractivity contribution >= 4 is 5.91 Å². The fourth-order valence-electron chi connectivity index (χ4n) is 0.729. The van der Waals surface area contributed by atoms with Gasteiger partial charge in [-0.2, -0.15) is 5.10 Å². The highest BCUT2D eigenvalue weighted by atomic mass is 16.1. The first-order chi connectivity index (χ1) is 5.52. The first-order valence-corrected chi connectivity index (χ1v) is 3.43. The molecule has 1 amide bonds. The van der Waals surface area contributed by atoms with E-state index < -0.39 is 11.4 Å². The maximum atomic E-state index is 10.8. The van der Waals surface area contributed by atoms with Crippen molar-refractivity contribution in [2.45, 2.75) is 19.0 Å². The molecule has 1 aromatic rings. The number of primary amides is 1. The molecule has 0 radical (unpaired) electrons. The molecule has 1 atom stereocenters. The van der Waals surface area contributed by atoms with Crippen LogP contribution in [0.5, 0.6) is 0 Å². The second-order valence-electron chi connectivity index (χ2n) is 2.87. The molecule has 1 heterocycles. The van der Waals surface area contributed by atoms with E-state index in [1.165, 1.54) is 17.3 Å². The lowest BCUT2D eigenvalue weighted by Crippen LogP contribution is -2.52. The van der Waals surface area contributed by atoms with Crippen molar-refractivity contribution in [3.05, 3.63) is 12.7 Å². The lowest BCUT2D eigenvalue weighted by atomic mass is 10.0. The second-order valence-corrected chi connectivity index (χ2v) is 2.87.